The van der Waals surface area contributed by atoms with Gasteiger partial charge in [-0.3, -0.25) is 0 Å². The van der Waals surface area contributed by atoms with Gasteiger partial charge in [0.2, 0.25) is 5.89 Å². The number of aromatic carboxylic acids is 1. The number of nitrogens with zero attached hydrogens (tertiary/aromatic N) is 1. The van der Waals surface area contributed by atoms with Gasteiger partial charge in [0, 0.05) is 0 Å². The second-order valence-corrected chi connectivity index (χ2v) is 3.75. The van der Waals surface area contributed by atoms with Gasteiger partial charge in [-0.2, -0.15) is 13.2 Å². The van der Waals surface area contributed by atoms with Crippen LogP contribution in [0.1, 0.15) is 21.9 Å². The lowest BCUT2D eigenvalue weighted by molar-refractivity contribution is -0.137. The van der Waals surface area contributed by atoms with Crippen LogP contribution in [-0.4, -0.2) is 16.1 Å². The van der Waals surface area contributed by atoms with Crippen molar-refractivity contribution in [3.63, 3.8) is 0 Å². The fraction of sp³-hybridized carbons (Fsp3) is 0.167. The van der Waals surface area contributed by atoms with E-state index in [1.165, 1.54) is 12.1 Å². The van der Waals surface area contributed by atoms with Crippen molar-refractivity contribution in [1.82, 2.24) is 4.98 Å². The molecule has 0 amide bonds. The topological polar surface area (TPSA) is 72.6 Å². The summed E-state index contributed by atoms with van der Waals surface area (Å²) in [7, 11) is 0. The highest BCUT2D eigenvalue weighted by Crippen LogP contribution is 2.31. The zero-order valence-electron chi connectivity index (χ0n) is 9.85. The van der Waals surface area contributed by atoms with Crippen molar-refractivity contribution in [3.05, 3.63) is 47.7 Å². The second-order valence-electron chi connectivity index (χ2n) is 3.75. The maximum Gasteiger partial charge on any atom is 0.416 e. The first-order valence-electron chi connectivity index (χ1n) is 5.34. The van der Waals surface area contributed by atoms with E-state index >= 15 is 0 Å². The molecule has 0 saturated carbocycles. The first-order valence-corrected chi connectivity index (χ1v) is 5.34. The third kappa shape index (κ3) is 3.28. The van der Waals surface area contributed by atoms with Crippen molar-refractivity contribution in [2.24, 2.45) is 0 Å². The van der Waals surface area contributed by atoms with Crippen LogP contribution in [-0.2, 0) is 12.8 Å². The summed E-state index contributed by atoms with van der Waals surface area (Å²) in [4.78, 5) is 14.1. The summed E-state index contributed by atoms with van der Waals surface area (Å²) in [6.07, 6.45) is -3.54. The van der Waals surface area contributed by atoms with E-state index in [9.17, 15) is 18.0 Å². The Hall–Kier alpha value is -2.51. The van der Waals surface area contributed by atoms with Crippen molar-refractivity contribution >= 4 is 5.97 Å². The molecule has 0 aliphatic rings. The Morgan fingerprint density at radius 1 is 1.40 bits per heavy atom. The molecule has 106 valence electrons. The Labute approximate surface area is 110 Å². The molecule has 1 aromatic heterocycles. The van der Waals surface area contributed by atoms with Crippen LogP contribution in [0.5, 0.6) is 5.75 Å². The summed E-state index contributed by atoms with van der Waals surface area (Å²) in [5.74, 6) is -1.33. The normalized spacial score (nSPS) is 11.3. The van der Waals surface area contributed by atoms with E-state index in [2.05, 4.69) is 4.98 Å². The Morgan fingerprint density at radius 3 is 2.75 bits per heavy atom. The van der Waals surface area contributed by atoms with Crippen molar-refractivity contribution in [2.75, 3.05) is 0 Å². The number of hydrogen-bond acceptors (Lipinski definition) is 4. The highest BCUT2D eigenvalue weighted by atomic mass is 19.4. The number of halogens is 3. The Balaban J connectivity index is 2.05. The van der Waals surface area contributed by atoms with E-state index in [-0.39, 0.29) is 23.9 Å². The largest absolute Gasteiger partial charge is 0.484 e. The fourth-order valence-electron chi connectivity index (χ4n) is 1.38. The van der Waals surface area contributed by atoms with Crippen LogP contribution < -0.4 is 4.74 Å². The van der Waals surface area contributed by atoms with Gasteiger partial charge >= 0.3 is 12.1 Å². The fourth-order valence-corrected chi connectivity index (χ4v) is 1.38. The maximum absolute atomic E-state index is 12.5. The molecule has 0 bridgehead atoms. The van der Waals surface area contributed by atoms with Crippen LogP contribution in [0.25, 0.3) is 0 Å². The number of carboxylic acids is 1. The molecule has 1 heterocycles. The SMILES string of the molecule is O=C(O)c1coc(COc2cccc(C(F)(F)F)c2)n1. The number of benzene rings is 1. The monoisotopic (exact) mass is 287 g/mol. The molecule has 8 heteroatoms. The minimum atomic E-state index is -4.46. The van der Waals surface area contributed by atoms with E-state index in [1.54, 1.807) is 0 Å². The molecule has 0 radical (unpaired) electrons. The Morgan fingerprint density at radius 2 is 2.15 bits per heavy atom. The third-order valence-corrected chi connectivity index (χ3v) is 2.29. The minimum Gasteiger partial charge on any atom is -0.484 e. The van der Waals surface area contributed by atoms with Crippen LogP contribution in [0.15, 0.2) is 34.9 Å². The number of rotatable bonds is 4. The molecule has 2 aromatic rings. The van der Waals surface area contributed by atoms with Gasteiger partial charge in [-0.05, 0) is 18.2 Å². The molecule has 0 saturated heterocycles. The molecule has 0 unspecified atom stereocenters. The first kappa shape index (κ1) is 13.9. The number of carbonyl (C=O) groups is 1. The summed E-state index contributed by atoms with van der Waals surface area (Å²) in [6, 6.07) is 4.30. The molecule has 2 rings (SSSR count). The van der Waals surface area contributed by atoms with Gasteiger partial charge in [0.25, 0.3) is 0 Å². The van der Waals surface area contributed by atoms with Gasteiger partial charge in [0.1, 0.15) is 12.0 Å². The lowest BCUT2D eigenvalue weighted by Crippen LogP contribution is -2.05. The zero-order chi connectivity index (χ0) is 14.8. The highest BCUT2D eigenvalue weighted by Gasteiger charge is 2.30. The van der Waals surface area contributed by atoms with E-state index in [1.807, 2.05) is 0 Å². The van der Waals surface area contributed by atoms with E-state index in [0.717, 1.165) is 18.4 Å². The minimum absolute atomic E-state index is 0.0186. The van der Waals surface area contributed by atoms with Crippen molar-refractivity contribution < 1.29 is 32.2 Å². The highest BCUT2D eigenvalue weighted by molar-refractivity contribution is 5.84. The summed E-state index contributed by atoms with van der Waals surface area (Å²) in [6.45, 7) is -0.269. The van der Waals surface area contributed by atoms with Crippen LogP contribution in [0, 0.1) is 0 Å². The van der Waals surface area contributed by atoms with Gasteiger partial charge in [0.15, 0.2) is 12.3 Å². The predicted molar refractivity (Wildman–Crippen MR) is 59.2 cm³/mol. The van der Waals surface area contributed by atoms with Crippen LogP contribution in [0.4, 0.5) is 13.2 Å². The van der Waals surface area contributed by atoms with Gasteiger partial charge in [0.05, 0.1) is 5.56 Å². The summed E-state index contributed by atoms with van der Waals surface area (Å²) in [5.41, 5.74) is -1.14. The molecule has 0 aliphatic heterocycles. The van der Waals surface area contributed by atoms with E-state index in [0.29, 0.717) is 0 Å². The summed E-state index contributed by atoms with van der Waals surface area (Å²) >= 11 is 0. The quantitative estimate of drug-likeness (QED) is 0.935. The second kappa shape index (κ2) is 5.24. The van der Waals surface area contributed by atoms with E-state index in [4.69, 9.17) is 14.3 Å². The van der Waals surface area contributed by atoms with Gasteiger partial charge in [-0.25, -0.2) is 9.78 Å². The standard InChI is InChI=1S/C12H8F3NO4/c13-12(14,15)7-2-1-3-8(4-7)19-6-10-16-9(5-20-10)11(17)18/h1-5H,6H2,(H,17,18). The van der Waals surface area contributed by atoms with Crippen LogP contribution in [0.3, 0.4) is 0 Å². The summed E-state index contributed by atoms with van der Waals surface area (Å²) < 4.78 is 47.3. The lowest BCUT2D eigenvalue weighted by Gasteiger charge is -2.08. The molecular weight excluding hydrogens is 279 g/mol. The van der Waals surface area contributed by atoms with E-state index < -0.39 is 17.7 Å². The summed E-state index contributed by atoms with van der Waals surface area (Å²) in [5, 5.41) is 8.62. The molecule has 0 aliphatic carbocycles. The number of carboxylic acid groups (broad SMARTS) is 1. The number of hydrogen-bond donors (Lipinski definition) is 1. The maximum atomic E-state index is 12.5. The average molecular weight is 287 g/mol. The van der Waals surface area contributed by atoms with Gasteiger partial charge < -0.3 is 14.3 Å². The van der Waals surface area contributed by atoms with Gasteiger partial charge in [-0.15, -0.1) is 0 Å². The van der Waals surface area contributed by atoms with Crippen LogP contribution in [0.2, 0.25) is 0 Å². The smallest absolute Gasteiger partial charge is 0.416 e. The molecular formula is C12H8F3NO4. The molecule has 0 atom stereocenters. The number of aromatic nitrogens is 1. The molecule has 20 heavy (non-hydrogen) atoms. The first-order chi connectivity index (χ1) is 9.36. The van der Waals surface area contributed by atoms with Crippen molar-refractivity contribution in [1.29, 1.82) is 0 Å². The molecule has 5 nitrogen and oxygen atoms in total. The molecule has 1 aromatic carbocycles. The number of alkyl halides is 3. The van der Waals surface area contributed by atoms with Crippen molar-refractivity contribution in [2.45, 2.75) is 12.8 Å². The molecule has 0 fully saturated rings. The predicted octanol–water partition coefficient (Wildman–Crippen LogP) is 2.97. The van der Waals surface area contributed by atoms with Crippen LogP contribution >= 0.6 is 0 Å². The molecule has 0 spiro atoms. The third-order valence-electron chi connectivity index (χ3n) is 2.29. The average Bonchev–Trinajstić information content (AvgIpc) is 2.85. The van der Waals surface area contributed by atoms with Gasteiger partial charge in [-0.1, -0.05) is 6.07 Å². The number of oxazole rings is 1. The molecule has 1 N–H and O–H groups in total. The zero-order valence-corrected chi connectivity index (χ0v) is 9.85. The Kier molecular flexibility index (Phi) is 3.64. The number of ether oxygens (including phenoxy) is 1. The van der Waals surface area contributed by atoms with Crippen molar-refractivity contribution in [3.8, 4) is 5.75 Å². The lowest BCUT2D eigenvalue weighted by atomic mass is 10.2. The Bertz CT molecular complexity index is 621.